The van der Waals surface area contributed by atoms with E-state index in [0.29, 0.717) is 44.5 Å². The Labute approximate surface area is 170 Å². The smallest absolute Gasteiger partial charge is 0.409 e. The van der Waals surface area contributed by atoms with Crippen LogP contribution in [0.2, 0.25) is 0 Å². The molecule has 0 aliphatic carbocycles. The maximum absolute atomic E-state index is 12.4. The molecule has 8 heteroatoms. The van der Waals surface area contributed by atoms with E-state index in [9.17, 15) is 9.59 Å². The van der Waals surface area contributed by atoms with E-state index >= 15 is 0 Å². The Balaban J connectivity index is 1.56. The Bertz CT molecular complexity index is 828. The first-order chi connectivity index (χ1) is 14.0. The fourth-order valence-corrected chi connectivity index (χ4v) is 3.08. The van der Waals surface area contributed by atoms with E-state index in [1.165, 1.54) is 11.8 Å². The summed E-state index contributed by atoms with van der Waals surface area (Å²) < 4.78 is 5.03. The molecule has 0 unspecified atom stereocenters. The lowest BCUT2D eigenvalue weighted by atomic mass is 10.0. The van der Waals surface area contributed by atoms with Crippen LogP contribution in [0.15, 0.2) is 36.7 Å². The van der Waals surface area contributed by atoms with Crippen molar-refractivity contribution >= 4 is 23.5 Å². The molecule has 0 spiro atoms. The van der Waals surface area contributed by atoms with Crippen molar-refractivity contribution in [3.63, 3.8) is 0 Å². The number of rotatable bonds is 5. The van der Waals surface area contributed by atoms with Gasteiger partial charge >= 0.3 is 6.09 Å². The Morgan fingerprint density at radius 2 is 1.76 bits per heavy atom. The predicted molar refractivity (Wildman–Crippen MR) is 111 cm³/mol. The molecule has 2 aromatic rings. The van der Waals surface area contributed by atoms with Gasteiger partial charge in [-0.3, -0.25) is 4.79 Å². The van der Waals surface area contributed by atoms with Gasteiger partial charge in [0.25, 0.3) is 5.91 Å². The molecule has 1 N–H and O–H groups in total. The van der Waals surface area contributed by atoms with Crippen LogP contribution >= 0.6 is 0 Å². The number of carbonyl (C=O) groups excluding carboxylic acids is 2. The van der Waals surface area contributed by atoms with Crippen molar-refractivity contribution < 1.29 is 14.3 Å². The quantitative estimate of drug-likeness (QED) is 0.834. The highest BCUT2D eigenvalue weighted by atomic mass is 16.6. The van der Waals surface area contributed by atoms with Crippen molar-refractivity contribution in [1.29, 1.82) is 0 Å². The molecule has 154 valence electrons. The van der Waals surface area contributed by atoms with Crippen LogP contribution in [0, 0.1) is 0 Å². The normalized spacial score (nSPS) is 14.1. The first-order valence-corrected chi connectivity index (χ1v) is 9.88. The average Bonchev–Trinajstić information content (AvgIpc) is 2.74. The number of anilines is 2. The Morgan fingerprint density at radius 3 is 2.31 bits per heavy atom. The molecule has 2 amide bonds. The minimum absolute atomic E-state index is 0.256. The fraction of sp³-hybridized carbons (Fsp3) is 0.429. The number of aromatic nitrogens is 2. The fourth-order valence-electron chi connectivity index (χ4n) is 3.08. The molecule has 1 aromatic carbocycles. The third-order valence-electron chi connectivity index (χ3n) is 4.84. The van der Waals surface area contributed by atoms with Gasteiger partial charge in [-0.05, 0) is 30.5 Å². The van der Waals surface area contributed by atoms with Crippen LogP contribution in [-0.2, 0) is 4.74 Å². The summed E-state index contributed by atoms with van der Waals surface area (Å²) in [6, 6.07) is 7.78. The van der Waals surface area contributed by atoms with E-state index in [0.717, 1.165) is 5.69 Å². The second-order valence-corrected chi connectivity index (χ2v) is 7.16. The summed E-state index contributed by atoms with van der Waals surface area (Å²) in [5.41, 5.74) is 2.20. The van der Waals surface area contributed by atoms with Crippen LogP contribution in [0.1, 0.15) is 42.7 Å². The van der Waals surface area contributed by atoms with Gasteiger partial charge in [0.05, 0.1) is 19.0 Å². The Hall–Kier alpha value is -3.16. The molecule has 1 aliphatic rings. The van der Waals surface area contributed by atoms with Crippen molar-refractivity contribution in [2.75, 3.05) is 43.0 Å². The van der Waals surface area contributed by atoms with Crippen molar-refractivity contribution in [1.82, 2.24) is 14.9 Å². The monoisotopic (exact) mass is 397 g/mol. The molecular weight excluding hydrogens is 370 g/mol. The van der Waals surface area contributed by atoms with Crippen molar-refractivity contribution in [3.8, 4) is 0 Å². The summed E-state index contributed by atoms with van der Waals surface area (Å²) >= 11 is 0. The molecule has 0 radical (unpaired) electrons. The zero-order valence-corrected chi connectivity index (χ0v) is 17.1. The molecule has 1 aromatic heterocycles. The highest BCUT2D eigenvalue weighted by molar-refractivity contribution is 6.02. The van der Waals surface area contributed by atoms with Gasteiger partial charge < -0.3 is 19.9 Å². The Kier molecular flexibility index (Phi) is 6.64. The number of ether oxygens (including phenoxy) is 1. The number of benzene rings is 1. The lowest BCUT2D eigenvalue weighted by Gasteiger charge is -2.34. The van der Waals surface area contributed by atoms with Gasteiger partial charge in [0.15, 0.2) is 0 Å². The van der Waals surface area contributed by atoms with Gasteiger partial charge in [-0.25, -0.2) is 14.8 Å². The number of piperazine rings is 1. The molecule has 1 fully saturated rings. The van der Waals surface area contributed by atoms with E-state index in [2.05, 4.69) is 29.1 Å². The average molecular weight is 397 g/mol. The molecular formula is C21H27N5O3. The maximum atomic E-state index is 12.4. The number of amides is 2. The topological polar surface area (TPSA) is 87.7 Å². The van der Waals surface area contributed by atoms with Crippen molar-refractivity contribution in [2.45, 2.75) is 26.7 Å². The van der Waals surface area contributed by atoms with Gasteiger partial charge in [0, 0.05) is 31.9 Å². The zero-order chi connectivity index (χ0) is 20.8. The third kappa shape index (κ3) is 5.22. The van der Waals surface area contributed by atoms with Crippen molar-refractivity contribution in [2.24, 2.45) is 0 Å². The summed E-state index contributed by atoms with van der Waals surface area (Å²) in [7, 11) is 0. The lowest BCUT2D eigenvalue weighted by molar-refractivity contribution is 0.101. The first-order valence-electron chi connectivity index (χ1n) is 9.88. The Morgan fingerprint density at radius 1 is 1.07 bits per heavy atom. The van der Waals surface area contributed by atoms with Gasteiger partial charge in [-0.1, -0.05) is 26.0 Å². The van der Waals surface area contributed by atoms with Gasteiger partial charge in [-0.15, -0.1) is 0 Å². The number of hydrogen-bond acceptors (Lipinski definition) is 6. The van der Waals surface area contributed by atoms with E-state index in [-0.39, 0.29) is 17.7 Å². The van der Waals surface area contributed by atoms with Crippen LogP contribution in [0.4, 0.5) is 16.3 Å². The molecule has 0 atom stereocenters. The van der Waals surface area contributed by atoms with Crippen LogP contribution in [0.3, 0.4) is 0 Å². The maximum Gasteiger partial charge on any atom is 0.409 e. The number of nitrogens with zero attached hydrogens (tertiary/aromatic N) is 4. The summed E-state index contributed by atoms with van der Waals surface area (Å²) in [4.78, 5) is 36.5. The van der Waals surface area contributed by atoms with Gasteiger partial charge in [0.1, 0.15) is 11.5 Å². The van der Waals surface area contributed by atoms with Crippen LogP contribution in [-0.4, -0.2) is 59.7 Å². The number of nitrogens with one attached hydrogen (secondary N) is 1. The molecule has 29 heavy (non-hydrogen) atoms. The van der Waals surface area contributed by atoms with E-state index in [4.69, 9.17) is 4.74 Å². The molecule has 2 heterocycles. The molecule has 1 saturated heterocycles. The lowest BCUT2D eigenvalue weighted by Crippen LogP contribution is -2.49. The van der Waals surface area contributed by atoms with Crippen molar-refractivity contribution in [3.05, 3.63) is 47.9 Å². The minimum Gasteiger partial charge on any atom is -0.450 e. The summed E-state index contributed by atoms with van der Waals surface area (Å²) in [5.74, 6) is 0.831. The molecule has 0 bridgehead atoms. The van der Waals surface area contributed by atoms with E-state index in [1.54, 1.807) is 18.0 Å². The molecule has 3 rings (SSSR count). The summed E-state index contributed by atoms with van der Waals surface area (Å²) in [6.07, 6.45) is 2.79. The van der Waals surface area contributed by atoms with E-state index < -0.39 is 0 Å². The first kappa shape index (κ1) is 20.6. The van der Waals surface area contributed by atoms with Gasteiger partial charge in [0.2, 0.25) is 0 Å². The summed E-state index contributed by atoms with van der Waals surface area (Å²) in [6.45, 7) is 8.83. The SMILES string of the molecule is CCOC(=O)N1CCN(c2cnc(C(=O)Nc3ccc(C(C)C)cc3)cn2)CC1. The molecule has 8 nitrogen and oxygen atoms in total. The zero-order valence-electron chi connectivity index (χ0n) is 17.1. The number of hydrogen-bond donors (Lipinski definition) is 1. The van der Waals surface area contributed by atoms with Crippen LogP contribution in [0.25, 0.3) is 0 Å². The standard InChI is InChI=1S/C21H27N5O3/c1-4-29-21(28)26-11-9-25(10-12-26)19-14-22-18(13-23-19)20(27)24-17-7-5-16(6-8-17)15(2)3/h5-8,13-15H,4,9-12H2,1-3H3,(H,24,27). The third-order valence-corrected chi connectivity index (χ3v) is 4.84. The second-order valence-electron chi connectivity index (χ2n) is 7.16. The van der Waals surface area contributed by atoms with E-state index in [1.807, 2.05) is 29.2 Å². The highest BCUT2D eigenvalue weighted by Gasteiger charge is 2.23. The predicted octanol–water partition coefficient (Wildman–Crippen LogP) is 3.13. The minimum atomic E-state index is -0.298. The molecule has 0 saturated carbocycles. The highest BCUT2D eigenvalue weighted by Crippen LogP contribution is 2.18. The largest absolute Gasteiger partial charge is 0.450 e. The van der Waals surface area contributed by atoms with Crippen LogP contribution in [0.5, 0.6) is 0 Å². The molecule has 1 aliphatic heterocycles. The number of carbonyl (C=O) groups is 2. The summed E-state index contributed by atoms with van der Waals surface area (Å²) in [5, 5.41) is 2.84. The van der Waals surface area contributed by atoms with Gasteiger partial charge in [-0.2, -0.15) is 0 Å². The second kappa shape index (κ2) is 9.36. The van der Waals surface area contributed by atoms with Crippen LogP contribution < -0.4 is 10.2 Å².